The van der Waals surface area contributed by atoms with Crippen molar-refractivity contribution in [1.82, 2.24) is 14.8 Å². The Hall–Kier alpha value is -1.18. The number of amides is 1. The third kappa shape index (κ3) is 4.39. The molecule has 2 rings (SSSR count). The molecule has 0 radical (unpaired) electrons. The quantitative estimate of drug-likeness (QED) is 0.789. The van der Waals surface area contributed by atoms with Gasteiger partial charge < -0.3 is 20.6 Å². The number of nitrogens with two attached hydrogens (primary N) is 1. The molecule has 1 aliphatic heterocycles. The average Bonchev–Trinajstić information content (AvgIpc) is 3.01. The molecule has 0 spiro atoms. The molecule has 1 aliphatic rings. The van der Waals surface area contributed by atoms with Gasteiger partial charge in [-0.15, -0.1) is 11.3 Å². The van der Waals surface area contributed by atoms with Crippen molar-refractivity contribution < 1.29 is 9.90 Å². The molecule has 6 nitrogen and oxygen atoms in total. The second kappa shape index (κ2) is 7.20. The van der Waals surface area contributed by atoms with E-state index in [0.29, 0.717) is 30.4 Å². The van der Waals surface area contributed by atoms with Gasteiger partial charge in [0.05, 0.1) is 5.69 Å². The van der Waals surface area contributed by atoms with Gasteiger partial charge in [0, 0.05) is 44.0 Å². The molecule has 118 valence electrons. The molecule has 3 N–H and O–H groups in total. The van der Waals surface area contributed by atoms with Crippen LogP contribution in [0, 0.1) is 11.8 Å². The molecule has 1 fully saturated rings. The van der Waals surface area contributed by atoms with Crippen LogP contribution in [0.25, 0.3) is 0 Å². The van der Waals surface area contributed by atoms with Crippen LogP contribution in [0.4, 0.5) is 5.13 Å². The molecule has 0 aromatic carbocycles. The molecule has 1 saturated heterocycles. The number of nitrogens with zero attached hydrogens (tertiary/aromatic N) is 3. The van der Waals surface area contributed by atoms with E-state index in [1.807, 2.05) is 24.4 Å². The minimum Gasteiger partial charge on any atom is -0.396 e. The SMILES string of the molecule is CN(C)C[C@@H]1CN(C(=O)CCc2csc(N)n2)C[C@@H]1CO. The zero-order chi connectivity index (χ0) is 15.4. The Morgan fingerprint density at radius 1 is 1.52 bits per heavy atom. The average molecular weight is 312 g/mol. The maximum atomic E-state index is 12.3. The van der Waals surface area contributed by atoms with Gasteiger partial charge in [-0.25, -0.2) is 4.98 Å². The van der Waals surface area contributed by atoms with Crippen molar-refractivity contribution in [2.45, 2.75) is 12.8 Å². The molecular formula is C14H24N4O2S. The molecule has 1 amide bonds. The van der Waals surface area contributed by atoms with E-state index in [9.17, 15) is 9.90 Å². The zero-order valence-corrected chi connectivity index (χ0v) is 13.5. The van der Waals surface area contributed by atoms with Crippen LogP contribution in [0.1, 0.15) is 12.1 Å². The Bertz CT molecular complexity index is 477. The topological polar surface area (TPSA) is 82.7 Å². The first kappa shape index (κ1) is 16.2. The van der Waals surface area contributed by atoms with Crippen molar-refractivity contribution in [2.24, 2.45) is 11.8 Å². The molecule has 0 saturated carbocycles. The molecule has 2 heterocycles. The molecule has 1 aromatic rings. The minimum atomic E-state index is 0.140. The van der Waals surface area contributed by atoms with Crippen LogP contribution < -0.4 is 5.73 Å². The monoisotopic (exact) mass is 312 g/mol. The lowest BCUT2D eigenvalue weighted by atomic mass is 9.97. The van der Waals surface area contributed by atoms with Crippen molar-refractivity contribution in [3.8, 4) is 0 Å². The summed E-state index contributed by atoms with van der Waals surface area (Å²) in [6, 6.07) is 0. The highest BCUT2D eigenvalue weighted by molar-refractivity contribution is 7.13. The van der Waals surface area contributed by atoms with Crippen LogP contribution in [0.5, 0.6) is 0 Å². The fraction of sp³-hybridized carbons (Fsp3) is 0.714. The third-order valence-corrected chi connectivity index (χ3v) is 4.65. The predicted octanol–water partition coefficient (Wildman–Crippen LogP) is 0.286. The first-order valence-corrected chi connectivity index (χ1v) is 8.10. The van der Waals surface area contributed by atoms with Gasteiger partial charge in [0.15, 0.2) is 5.13 Å². The molecule has 7 heteroatoms. The van der Waals surface area contributed by atoms with E-state index < -0.39 is 0 Å². The fourth-order valence-electron chi connectivity index (χ4n) is 2.86. The van der Waals surface area contributed by atoms with E-state index in [1.54, 1.807) is 0 Å². The number of anilines is 1. The van der Waals surface area contributed by atoms with Crippen LogP contribution in [-0.2, 0) is 11.2 Å². The Labute approximate surface area is 129 Å². The third-order valence-electron chi connectivity index (χ3n) is 3.93. The van der Waals surface area contributed by atoms with Crippen molar-refractivity contribution in [3.63, 3.8) is 0 Å². The number of thiazole rings is 1. The van der Waals surface area contributed by atoms with Crippen molar-refractivity contribution in [2.75, 3.05) is 46.1 Å². The summed E-state index contributed by atoms with van der Waals surface area (Å²) in [5.41, 5.74) is 6.47. The summed E-state index contributed by atoms with van der Waals surface area (Å²) >= 11 is 1.40. The Balaban J connectivity index is 1.85. The number of nitrogen functional groups attached to an aromatic ring is 1. The second-order valence-electron chi connectivity index (χ2n) is 5.94. The number of aromatic nitrogens is 1. The van der Waals surface area contributed by atoms with Gasteiger partial charge in [0.25, 0.3) is 0 Å². The molecular weight excluding hydrogens is 288 g/mol. The summed E-state index contributed by atoms with van der Waals surface area (Å²) in [7, 11) is 4.04. The normalized spacial score (nSPS) is 22.2. The number of carbonyl (C=O) groups excluding carboxylic acids is 1. The van der Waals surface area contributed by atoms with Gasteiger partial charge in [0.1, 0.15) is 0 Å². The smallest absolute Gasteiger partial charge is 0.222 e. The molecule has 21 heavy (non-hydrogen) atoms. The van der Waals surface area contributed by atoms with Crippen molar-refractivity contribution in [3.05, 3.63) is 11.1 Å². The Kier molecular flexibility index (Phi) is 5.55. The van der Waals surface area contributed by atoms with Gasteiger partial charge in [-0.3, -0.25) is 4.79 Å². The number of hydrogen-bond donors (Lipinski definition) is 2. The number of likely N-dealkylation sites (tertiary alicyclic amines) is 1. The summed E-state index contributed by atoms with van der Waals surface area (Å²) in [5.74, 6) is 0.677. The van der Waals surface area contributed by atoms with Crippen LogP contribution >= 0.6 is 11.3 Å². The second-order valence-corrected chi connectivity index (χ2v) is 6.83. The highest BCUT2D eigenvalue weighted by Crippen LogP contribution is 2.24. The van der Waals surface area contributed by atoms with Gasteiger partial charge in [-0.05, 0) is 26.4 Å². The molecule has 1 aromatic heterocycles. The summed E-state index contributed by atoms with van der Waals surface area (Å²) in [6.45, 7) is 2.44. The maximum Gasteiger partial charge on any atom is 0.222 e. The number of hydrogen-bond acceptors (Lipinski definition) is 6. The van der Waals surface area contributed by atoms with Crippen LogP contribution in [-0.4, -0.2) is 66.1 Å². The van der Waals surface area contributed by atoms with E-state index in [1.165, 1.54) is 11.3 Å². The summed E-state index contributed by atoms with van der Waals surface area (Å²) in [5, 5.41) is 11.9. The number of rotatable bonds is 6. The number of aliphatic hydroxyl groups excluding tert-OH is 1. The minimum absolute atomic E-state index is 0.140. The van der Waals surface area contributed by atoms with E-state index >= 15 is 0 Å². The van der Waals surface area contributed by atoms with Gasteiger partial charge >= 0.3 is 0 Å². The molecule has 0 unspecified atom stereocenters. The number of aliphatic hydroxyl groups is 1. The van der Waals surface area contributed by atoms with Gasteiger partial charge in [-0.2, -0.15) is 0 Å². The first-order chi connectivity index (χ1) is 9.99. The molecule has 2 atom stereocenters. The van der Waals surface area contributed by atoms with E-state index in [2.05, 4.69) is 9.88 Å². The summed E-state index contributed by atoms with van der Waals surface area (Å²) < 4.78 is 0. The van der Waals surface area contributed by atoms with Crippen LogP contribution in [0.15, 0.2) is 5.38 Å². The van der Waals surface area contributed by atoms with Gasteiger partial charge in [0.2, 0.25) is 5.91 Å². The number of carbonyl (C=O) groups is 1. The van der Waals surface area contributed by atoms with E-state index in [4.69, 9.17) is 5.73 Å². The van der Waals surface area contributed by atoms with Gasteiger partial charge in [-0.1, -0.05) is 0 Å². The lowest BCUT2D eigenvalue weighted by Crippen LogP contribution is -2.31. The predicted molar refractivity (Wildman–Crippen MR) is 84.0 cm³/mol. The largest absolute Gasteiger partial charge is 0.396 e. The zero-order valence-electron chi connectivity index (χ0n) is 12.7. The number of aryl methyl sites for hydroxylation is 1. The lowest BCUT2D eigenvalue weighted by Gasteiger charge is -2.20. The summed E-state index contributed by atoms with van der Waals surface area (Å²) in [4.78, 5) is 20.5. The van der Waals surface area contributed by atoms with Crippen molar-refractivity contribution in [1.29, 1.82) is 0 Å². The Morgan fingerprint density at radius 3 is 2.81 bits per heavy atom. The molecule has 0 bridgehead atoms. The van der Waals surface area contributed by atoms with Crippen molar-refractivity contribution >= 4 is 22.4 Å². The maximum absolute atomic E-state index is 12.3. The highest BCUT2D eigenvalue weighted by atomic mass is 32.1. The fourth-order valence-corrected chi connectivity index (χ4v) is 3.45. The van der Waals surface area contributed by atoms with Crippen LogP contribution in [0.3, 0.4) is 0 Å². The van der Waals surface area contributed by atoms with E-state index in [-0.39, 0.29) is 18.4 Å². The first-order valence-electron chi connectivity index (χ1n) is 7.22. The Morgan fingerprint density at radius 2 is 2.24 bits per heavy atom. The highest BCUT2D eigenvalue weighted by Gasteiger charge is 2.34. The summed E-state index contributed by atoms with van der Waals surface area (Å²) in [6.07, 6.45) is 1.08. The lowest BCUT2D eigenvalue weighted by molar-refractivity contribution is -0.130. The standard InChI is InChI=1S/C14H24N4O2S/c1-17(2)5-10-6-18(7-11(10)8-19)13(20)4-3-12-9-21-14(15)16-12/h9-11,19H,3-8H2,1-2H3,(H2,15,16)/t10-,11-/m1/s1. The van der Waals surface area contributed by atoms with Crippen LogP contribution in [0.2, 0.25) is 0 Å². The van der Waals surface area contributed by atoms with E-state index in [0.717, 1.165) is 18.8 Å². The molecule has 0 aliphatic carbocycles.